The molecule has 0 N–H and O–H groups in total. The quantitative estimate of drug-likeness (QED) is 0.415. The minimum absolute atomic E-state index is 0.414. The Morgan fingerprint density at radius 2 is 2.00 bits per heavy atom. The monoisotopic (exact) mass is 196 g/mol. The Hall–Kier alpha value is -1.71. The fourth-order valence-electron chi connectivity index (χ4n) is 1.07. The first-order valence-corrected chi connectivity index (χ1v) is 3.97. The second-order valence-electron chi connectivity index (χ2n) is 2.69. The van der Waals surface area contributed by atoms with Crippen LogP contribution in [0.4, 0.5) is 4.39 Å². The molecule has 0 radical (unpaired) electrons. The minimum Gasteiger partial charge on any atom is -0.468 e. The molecular weight excluding hydrogens is 187 g/mol. The van der Waals surface area contributed by atoms with Crippen LogP contribution in [0.25, 0.3) is 0 Å². The Labute approximate surface area is 80.5 Å². The van der Waals surface area contributed by atoms with Gasteiger partial charge in [-0.15, -0.1) is 0 Å². The molecule has 0 aromatic heterocycles. The lowest BCUT2D eigenvalue weighted by Crippen LogP contribution is -2.15. The van der Waals surface area contributed by atoms with Gasteiger partial charge in [-0.25, -0.2) is 4.39 Å². The van der Waals surface area contributed by atoms with Gasteiger partial charge in [0.2, 0.25) is 0 Å². The van der Waals surface area contributed by atoms with Crippen molar-refractivity contribution in [1.29, 1.82) is 0 Å². The van der Waals surface area contributed by atoms with E-state index < -0.39 is 17.7 Å². The average Bonchev–Trinajstić information content (AvgIpc) is 2.21. The third-order valence-electron chi connectivity index (χ3n) is 1.82. The molecule has 1 aromatic rings. The van der Waals surface area contributed by atoms with Gasteiger partial charge in [-0.05, 0) is 17.7 Å². The summed E-state index contributed by atoms with van der Waals surface area (Å²) in [7, 11) is 1.20. The number of aldehydes is 1. The van der Waals surface area contributed by atoms with E-state index in [0.29, 0.717) is 11.8 Å². The molecule has 0 aliphatic rings. The Bertz CT molecular complexity index is 332. The largest absolute Gasteiger partial charge is 0.468 e. The first kappa shape index (κ1) is 10.4. The van der Waals surface area contributed by atoms with Crippen LogP contribution in [0.1, 0.15) is 11.5 Å². The molecule has 0 amide bonds. The fourth-order valence-corrected chi connectivity index (χ4v) is 1.07. The van der Waals surface area contributed by atoms with E-state index in [1.807, 2.05) is 0 Å². The molecule has 0 bridgehead atoms. The number of carbonyl (C=O) groups excluding carboxylic acids is 2. The van der Waals surface area contributed by atoms with Crippen LogP contribution in [0.3, 0.4) is 0 Å². The number of methoxy groups -OCH3 is 1. The maximum Gasteiger partial charge on any atom is 0.320 e. The van der Waals surface area contributed by atoms with E-state index in [1.165, 1.54) is 31.4 Å². The minimum atomic E-state index is -0.972. The summed E-state index contributed by atoms with van der Waals surface area (Å²) in [5, 5.41) is 0. The topological polar surface area (TPSA) is 43.4 Å². The van der Waals surface area contributed by atoms with Crippen molar-refractivity contribution in [2.45, 2.75) is 5.92 Å². The molecule has 0 saturated carbocycles. The summed E-state index contributed by atoms with van der Waals surface area (Å²) in [5.74, 6) is -2.03. The van der Waals surface area contributed by atoms with Crippen molar-refractivity contribution in [3.05, 3.63) is 35.6 Å². The number of rotatable bonds is 3. The molecule has 0 fully saturated rings. The van der Waals surface area contributed by atoms with Crippen molar-refractivity contribution in [3.8, 4) is 0 Å². The number of halogens is 1. The molecule has 4 heteroatoms. The number of hydrogen-bond acceptors (Lipinski definition) is 3. The van der Waals surface area contributed by atoms with E-state index in [9.17, 15) is 14.0 Å². The maximum absolute atomic E-state index is 12.5. The Morgan fingerprint density at radius 1 is 1.43 bits per heavy atom. The Morgan fingerprint density at radius 3 is 2.43 bits per heavy atom. The van der Waals surface area contributed by atoms with Crippen LogP contribution in [0.2, 0.25) is 0 Å². The second kappa shape index (κ2) is 4.50. The lowest BCUT2D eigenvalue weighted by atomic mass is 10.0. The molecule has 0 spiro atoms. The van der Waals surface area contributed by atoms with Gasteiger partial charge in [0.15, 0.2) is 0 Å². The fraction of sp³-hybridized carbons (Fsp3) is 0.200. The molecule has 0 aliphatic carbocycles. The number of ether oxygens (including phenoxy) is 1. The molecule has 0 aliphatic heterocycles. The number of benzene rings is 1. The van der Waals surface area contributed by atoms with E-state index in [-0.39, 0.29) is 0 Å². The Kier molecular flexibility index (Phi) is 3.34. The van der Waals surface area contributed by atoms with Crippen molar-refractivity contribution in [2.75, 3.05) is 7.11 Å². The van der Waals surface area contributed by atoms with Gasteiger partial charge in [-0.1, -0.05) is 12.1 Å². The van der Waals surface area contributed by atoms with Crippen LogP contribution in [0.5, 0.6) is 0 Å². The van der Waals surface area contributed by atoms with Crippen LogP contribution in [0, 0.1) is 5.82 Å². The van der Waals surface area contributed by atoms with Crippen molar-refractivity contribution in [1.82, 2.24) is 0 Å². The third kappa shape index (κ3) is 2.16. The maximum atomic E-state index is 12.5. The summed E-state index contributed by atoms with van der Waals surface area (Å²) in [5.41, 5.74) is 0.424. The van der Waals surface area contributed by atoms with E-state index in [0.717, 1.165) is 0 Å². The second-order valence-corrected chi connectivity index (χ2v) is 2.69. The number of esters is 1. The van der Waals surface area contributed by atoms with Gasteiger partial charge in [0.25, 0.3) is 0 Å². The van der Waals surface area contributed by atoms with Crippen molar-refractivity contribution >= 4 is 12.3 Å². The molecule has 0 heterocycles. The molecule has 14 heavy (non-hydrogen) atoms. The highest BCUT2D eigenvalue weighted by atomic mass is 19.1. The highest BCUT2D eigenvalue weighted by Gasteiger charge is 2.20. The van der Waals surface area contributed by atoms with Gasteiger partial charge < -0.3 is 9.53 Å². The van der Waals surface area contributed by atoms with Crippen LogP contribution >= 0.6 is 0 Å². The zero-order valence-electron chi connectivity index (χ0n) is 7.57. The van der Waals surface area contributed by atoms with Crippen molar-refractivity contribution in [3.63, 3.8) is 0 Å². The van der Waals surface area contributed by atoms with E-state index in [2.05, 4.69) is 4.74 Å². The normalized spacial score (nSPS) is 11.9. The zero-order chi connectivity index (χ0) is 10.6. The molecule has 1 atom stereocenters. The van der Waals surface area contributed by atoms with E-state index in [4.69, 9.17) is 0 Å². The first-order chi connectivity index (χ1) is 6.69. The van der Waals surface area contributed by atoms with Gasteiger partial charge in [0, 0.05) is 0 Å². The molecule has 0 saturated heterocycles. The molecule has 1 rings (SSSR count). The SMILES string of the molecule is COC(=O)C(C=O)c1ccc(F)cc1. The van der Waals surface area contributed by atoms with Gasteiger partial charge in [-0.2, -0.15) is 0 Å². The summed E-state index contributed by atoms with van der Waals surface area (Å²) in [6.07, 6.45) is 0.471. The van der Waals surface area contributed by atoms with Crippen LogP contribution in [-0.2, 0) is 14.3 Å². The van der Waals surface area contributed by atoms with Crippen LogP contribution < -0.4 is 0 Å². The highest BCUT2D eigenvalue weighted by Crippen LogP contribution is 2.15. The van der Waals surface area contributed by atoms with Crippen LogP contribution in [-0.4, -0.2) is 19.4 Å². The smallest absolute Gasteiger partial charge is 0.320 e. The van der Waals surface area contributed by atoms with Gasteiger partial charge >= 0.3 is 5.97 Å². The molecular formula is C10H9FO3. The summed E-state index contributed by atoms with van der Waals surface area (Å²) in [4.78, 5) is 21.7. The molecule has 3 nitrogen and oxygen atoms in total. The molecule has 1 unspecified atom stereocenters. The lowest BCUT2D eigenvalue weighted by Gasteiger charge is -2.07. The summed E-state index contributed by atoms with van der Waals surface area (Å²) in [6, 6.07) is 5.14. The first-order valence-electron chi connectivity index (χ1n) is 3.97. The lowest BCUT2D eigenvalue weighted by molar-refractivity contribution is -0.143. The van der Waals surface area contributed by atoms with Crippen molar-refractivity contribution < 1.29 is 18.7 Å². The van der Waals surface area contributed by atoms with E-state index >= 15 is 0 Å². The number of hydrogen-bond donors (Lipinski definition) is 0. The van der Waals surface area contributed by atoms with Crippen molar-refractivity contribution in [2.24, 2.45) is 0 Å². The third-order valence-corrected chi connectivity index (χ3v) is 1.82. The predicted octanol–water partition coefficient (Wildman–Crippen LogP) is 1.28. The predicted molar refractivity (Wildman–Crippen MR) is 47.2 cm³/mol. The number of carbonyl (C=O) groups is 2. The van der Waals surface area contributed by atoms with E-state index in [1.54, 1.807) is 0 Å². The van der Waals surface area contributed by atoms with Gasteiger partial charge in [-0.3, -0.25) is 4.79 Å². The summed E-state index contributed by atoms with van der Waals surface area (Å²) < 4.78 is 17.0. The zero-order valence-corrected chi connectivity index (χ0v) is 7.57. The molecule has 1 aromatic carbocycles. The Balaban J connectivity index is 2.95. The highest BCUT2D eigenvalue weighted by molar-refractivity contribution is 5.93. The standard InChI is InChI=1S/C10H9FO3/c1-14-10(13)9(6-12)7-2-4-8(11)5-3-7/h2-6,9H,1H3. The van der Waals surface area contributed by atoms with Gasteiger partial charge in [0.05, 0.1) is 7.11 Å². The summed E-state index contributed by atoms with van der Waals surface area (Å²) in [6.45, 7) is 0. The van der Waals surface area contributed by atoms with Crippen LogP contribution in [0.15, 0.2) is 24.3 Å². The summed E-state index contributed by atoms with van der Waals surface area (Å²) >= 11 is 0. The van der Waals surface area contributed by atoms with Gasteiger partial charge in [0.1, 0.15) is 18.0 Å². The molecule has 74 valence electrons. The average molecular weight is 196 g/mol.